The topological polar surface area (TPSA) is 96.0 Å². The normalized spacial score (nSPS) is 19.6. The number of aliphatic hydroxyl groups is 1. The highest BCUT2D eigenvalue weighted by molar-refractivity contribution is 7.99. The summed E-state index contributed by atoms with van der Waals surface area (Å²) in [6.45, 7) is 2.89. The molecule has 7 nitrogen and oxygen atoms in total. The number of carboxylic acids is 1. The number of furan rings is 1. The molecule has 35 heavy (non-hydrogen) atoms. The molecule has 1 saturated heterocycles. The lowest BCUT2D eigenvalue weighted by Crippen LogP contribution is -2.41. The number of fused-ring (bicyclic) bond motifs is 1. The van der Waals surface area contributed by atoms with Crippen LogP contribution in [0.4, 0.5) is 0 Å². The molecule has 2 aromatic heterocycles. The zero-order chi connectivity index (χ0) is 24.6. The third kappa shape index (κ3) is 6.99. The Morgan fingerprint density at radius 1 is 1.29 bits per heavy atom. The fourth-order valence-corrected chi connectivity index (χ4v) is 5.95. The van der Waals surface area contributed by atoms with Crippen molar-refractivity contribution < 1.29 is 24.2 Å². The third-order valence-electron chi connectivity index (χ3n) is 7.03. The first-order chi connectivity index (χ1) is 17.0. The van der Waals surface area contributed by atoms with Crippen molar-refractivity contribution in [3.63, 3.8) is 0 Å². The zero-order valence-electron chi connectivity index (χ0n) is 20.1. The Hall–Kier alpha value is -2.55. The highest BCUT2D eigenvalue weighted by Gasteiger charge is 2.30. The average molecular weight is 499 g/mol. The van der Waals surface area contributed by atoms with Gasteiger partial charge in [0.15, 0.2) is 0 Å². The number of methoxy groups -OCH3 is 1. The van der Waals surface area contributed by atoms with Crippen molar-refractivity contribution in [1.82, 2.24) is 9.88 Å². The molecular formula is C27H34N2O5S. The van der Waals surface area contributed by atoms with Gasteiger partial charge in [-0.3, -0.25) is 9.78 Å². The SMILES string of the molecule is COc1ccc2nccc([C@H](O)CC[C@@H]3CCN(CCSc4ccoc4)C[C@H]3CCC(=O)O)c2c1. The van der Waals surface area contributed by atoms with Crippen LogP contribution in [0.5, 0.6) is 5.75 Å². The smallest absolute Gasteiger partial charge is 0.303 e. The second-order valence-corrected chi connectivity index (χ2v) is 10.4. The highest BCUT2D eigenvalue weighted by atomic mass is 32.2. The monoisotopic (exact) mass is 498 g/mol. The molecule has 1 aromatic carbocycles. The lowest BCUT2D eigenvalue weighted by molar-refractivity contribution is -0.137. The van der Waals surface area contributed by atoms with Gasteiger partial charge in [-0.05, 0) is 80.0 Å². The fraction of sp³-hybridized carbons (Fsp3) is 0.481. The molecule has 0 spiro atoms. The first kappa shape index (κ1) is 25.5. The standard InChI is InChI=1S/C27H34N2O5S/c1-33-21-4-5-25-24(16-21)23(8-11-28-25)26(30)6-2-19-9-12-29(17-20(19)3-7-27(31)32)13-15-35-22-10-14-34-18-22/h4-5,8,10-11,14,16,18-20,26,30H,2-3,6-7,9,12-13,15,17H2,1H3,(H,31,32)/t19-,20-,26-/m1/s1. The second-order valence-electron chi connectivity index (χ2n) is 9.23. The van der Waals surface area contributed by atoms with Gasteiger partial charge in [0.1, 0.15) is 12.0 Å². The summed E-state index contributed by atoms with van der Waals surface area (Å²) in [6, 6.07) is 9.57. The van der Waals surface area contributed by atoms with Crippen LogP contribution in [-0.2, 0) is 4.79 Å². The summed E-state index contributed by atoms with van der Waals surface area (Å²) in [5.74, 6) is 1.71. The van der Waals surface area contributed by atoms with Crippen molar-refractivity contribution >= 4 is 28.6 Å². The van der Waals surface area contributed by atoms with Gasteiger partial charge in [0.25, 0.3) is 0 Å². The van der Waals surface area contributed by atoms with Gasteiger partial charge in [-0.2, -0.15) is 0 Å². The first-order valence-electron chi connectivity index (χ1n) is 12.2. The number of ether oxygens (including phenoxy) is 1. The van der Waals surface area contributed by atoms with E-state index in [0.717, 1.165) is 65.3 Å². The molecule has 3 atom stereocenters. The molecule has 0 saturated carbocycles. The number of aliphatic carboxylic acids is 1. The summed E-state index contributed by atoms with van der Waals surface area (Å²) in [6.07, 6.45) is 8.00. The second kappa shape index (κ2) is 12.4. The molecule has 1 aliphatic rings. The summed E-state index contributed by atoms with van der Waals surface area (Å²) in [5, 5.41) is 21.3. The Bertz CT molecular complexity index is 1090. The molecule has 1 fully saturated rings. The summed E-state index contributed by atoms with van der Waals surface area (Å²) < 4.78 is 10.5. The number of likely N-dealkylation sites (tertiary alicyclic amines) is 1. The number of aromatic nitrogens is 1. The number of carboxylic acid groups (broad SMARTS) is 1. The number of pyridine rings is 1. The van der Waals surface area contributed by atoms with Gasteiger partial charge < -0.3 is 24.3 Å². The average Bonchev–Trinajstić information content (AvgIpc) is 3.39. The summed E-state index contributed by atoms with van der Waals surface area (Å²) >= 11 is 1.78. The molecule has 3 heterocycles. The maximum atomic E-state index is 11.3. The number of benzene rings is 1. The number of carbonyl (C=O) groups is 1. The Kier molecular flexibility index (Phi) is 9.06. The summed E-state index contributed by atoms with van der Waals surface area (Å²) in [7, 11) is 1.63. The summed E-state index contributed by atoms with van der Waals surface area (Å²) in [4.78, 5) is 19.3. The molecule has 3 aromatic rings. The minimum atomic E-state index is -0.742. The summed E-state index contributed by atoms with van der Waals surface area (Å²) in [5.41, 5.74) is 1.70. The van der Waals surface area contributed by atoms with Crippen molar-refractivity contribution in [2.75, 3.05) is 32.5 Å². The van der Waals surface area contributed by atoms with E-state index in [9.17, 15) is 15.0 Å². The van der Waals surface area contributed by atoms with Crippen LogP contribution >= 0.6 is 11.8 Å². The predicted molar refractivity (Wildman–Crippen MR) is 137 cm³/mol. The van der Waals surface area contributed by atoms with Crippen LogP contribution in [0.2, 0.25) is 0 Å². The molecule has 188 valence electrons. The van der Waals surface area contributed by atoms with E-state index in [0.29, 0.717) is 24.7 Å². The Morgan fingerprint density at radius 3 is 2.94 bits per heavy atom. The van der Waals surface area contributed by atoms with Gasteiger partial charge >= 0.3 is 5.97 Å². The van der Waals surface area contributed by atoms with Gasteiger partial charge in [-0.1, -0.05) is 0 Å². The van der Waals surface area contributed by atoms with Crippen LogP contribution in [0.3, 0.4) is 0 Å². The maximum Gasteiger partial charge on any atom is 0.303 e. The Morgan fingerprint density at radius 2 is 2.17 bits per heavy atom. The molecule has 0 amide bonds. The van der Waals surface area contributed by atoms with Crippen LogP contribution in [-0.4, -0.2) is 58.6 Å². The number of nitrogens with zero attached hydrogens (tertiary/aromatic N) is 2. The van der Waals surface area contributed by atoms with Crippen molar-refractivity contribution in [3.05, 3.63) is 54.6 Å². The van der Waals surface area contributed by atoms with E-state index in [1.165, 1.54) is 0 Å². The molecule has 0 aliphatic carbocycles. The number of rotatable bonds is 12. The van der Waals surface area contributed by atoms with E-state index in [-0.39, 0.29) is 6.42 Å². The van der Waals surface area contributed by atoms with Crippen LogP contribution in [0, 0.1) is 11.8 Å². The lowest BCUT2D eigenvalue weighted by Gasteiger charge is -2.39. The van der Waals surface area contributed by atoms with E-state index in [4.69, 9.17) is 9.15 Å². The van der Waals surface area contributed by atoms with Crippen molar-refractivity contribution in [3.8, 4) is 5.75 Å². The van der Waals surface area contributed by atoms with Crippen molar-refractivity contribution in [2.45, 2.75) is 43.1 Å². The van der Waals surface area contributed by atoms with E-state index in [1.54, 1.807) is 37.6 Å². The van der Waals surface area contributed by atoms with E-state index in [1.807, 2.05) is 30.3 Å². The molecule has 0 radical (unpaired) electrons. The first-order valence-corrected chi connectivity index (χ1v) is 13.2. The molecule has 4 rings (SSSR count). The van der Waals surface area contributed by atoms with Gasteiger partial charge in [0.05, 0.1) is 25.0 Å². The minimum absolute atomic E-state index is 0.191. The number of aliphatic hydroxyl groups excluding tert-OH is 1. The quantitative estimate of drug-likeness (QED) is 0.327. The molecule has 8 heteroatoms. The van der Waals surface area contributed by atoms with Crippen LogP contribution in [0.25, 0.3) is 10.9 Å². The third-order valence-corrected chi connectivity index (χ3v) is 7.98. The molecule has 1 aliphatic heterocycles. The van der Waals surface area contributed by atoms with Crippen LogP contribution < -0.4 is 4.74 Å². The zero-order valence-corrected chi connectivity index (χ0v) is 21.0. The van der Waals surface area contributed by atoms with Gasteiger partial charge in [0, 0.05) is 41.7 Å². The highest BCUT2D eigenvalue weighted by Crippen LogP contribution is 2.35. The molecule has 0 unspecified atom stereocenters. The van der Waals surface area contributed by atoms with Gasteiger partial charge in [-0.25, -0.2) is 0 Å². The van der Waals surface area contributed by atoms with Crippen LogP contribution in [0.15, 0.2) is 58.4 Å². The number of piperidine rings is 1. The van der Waals surface area contributed by atoms with Gasteiger partial charge in [0.2, 0.25) is 0 Å². The largest absolute Gasteiger partial charge is 0.497 e. The molecular weight excluding hydrogens is 464 g/mol. The minimum Gasteiger partial charge on any atom is -0.497 e. The van der Waals surface area contributed by atoms with Crippen molar-refractivity contribution in [1.29, 1.82) is 0 Å². The Balaban J connectivity index is 1.36. The van der Waals surface area contributed by atoms with Crippen molar-refractivity contribution in [2.24, 2.45) is 11.8 Å². The number of hydrogen-bond donors (Lipinski definition) is 2. The molecule has 0 bridgehead atoms. The lowest BCUT2D eigenvalue weighted by atomic mass is 9.79. The maximum absolute atomic E-state index is 11.3. The molecule has 2 N–H and O–H groups in total. The predicted octanol–water partition coefficient (Wildman–Crippen LogP) is 5.25. The number of hydrogen-bond acceptors (Lipinski definition) is 7. The Labute approximate surface area is 210 Å². The van der Waals surface area contributed by atoms with Crippen LogP contribution in [0.1, 0.15) is 43.8 Å². The fourth-order valence-electron chi connectivity index (χ4n) is 5.09. The van der Waals surface area contributed by atoms with E-state index in [2.05, 4.69) is 9.88 Å². The number of thioether (sulfide) groups is 1. The van der Waals surface area contributed by atoms with E-state index >= 15 is 0 Å². The van der Waals surface area contributed by atoms with E-state index < -0.39 is 12.1 Å². The van der Waals surface area contributed by atoms with Gasteiger partial charge in [-0.15, -0.1) is 11.8 Å².